The van der Waals surface area contributed by atoms with Gasteiger partial charge in [-0.15, -0.1) is 11.3 Å². The standard InChI is InChI=1S/C16H26N2S/c1-12(10-16-6-5-13(2)19-16)17-14-7-9-18-8-3-4-15(18)11-14/h5-6,12,14-15,17H,3-4,7-11H2,1-2H3. The molecular weight excluding hydrogens is 252 g/mol. The zero-order valence-electron chi connectivity index (χ0n) is 12.2. The van der Waals surface area contributed by atoms with Crippen molar-refractivity contribution in [3.63, 3.8) is 0 Å². The van der Waals surface area contributed by atoms with Gasteiger partial charge in [-0.2, -0.15) is 0 Å². The largest absolute Gasteiger partial charge is 0.311 e. The molecule has 0 amide bonds. The van der Waals surface area contributed by atoms with Gasteiger partial charge in [-0.3, -0.25) is 0 Å². The molecule has 106 valence electrons. The van der Waals surface area contributed by atoms with Gasteiger partial charge in [0, 0.05) is 27.9 Å². The predicted molar refractivity (Wildman–Crippen MR) is 83.0 cm³/mol. The lowest BCUT2D eigenvalue weighted by Crippen LogP contribution is -2.48. The summed E-state index contributed by atoms with van der Waals surface area (Å²) in [6.07, 6.45) is 6.74. The molecule has 1 N–H and O–H groups in total. The molecule has 3 unspecified atom stereocenters. The monoisotopic (exact) mass is 278 g/mol. The van der Waals surface area contributed by atoms with Crippen LogP contribution in [0.3, 0.4) is 0 Å². The van der Waals surface area contributed by atoms with Crippen molar-refractivity contribution in [2.45, 2.75) is 64.1 Å². The maximum atomic E-state index is 3.87. The summed E-state index contributed by atoms with van der Waals surface area (Å²) in [5.41, 5.74) is 0. The normalized spacial score (nSPS) is 29.4. The van der Waals surface area contributed by atoms with Crippen LogP contribution in [0.1, 0.15) is 42.4 Å². The van der Waals surface area contributed by atoms with E-state index in [0.29, 0.717) is 6.04 Å². The van der Waals surface area contributed by atoms with Gasteiger partial charge in [-0.1, -0.05) is 0 Å². The molecule has 19 heavy (non-hydrogen) atoms. The molecular formula is C16H26N2S. The van der Waals surface area contributed by atoms with Gasteiger partial charge >= 0.3 is 0 Å². The number of thiophene rings is 1. The minimum Gasteiger partial charge on any atom is -0.311 e. The van der Waals surface area contributed by atoms with Crippen LogP contribution in [-0.4, -0.2) is 36.1 Å². The number of aryl methyl sites for hydroxylation is 1. The number of rotatable bonds is 4. The Bertz CT molecular complexity index is 415. The van der Waals surface area contributed by atoms with Gasteiger partial charge in [-0.05, 0) is 71.2 Å². The van der Waals surface area contributed by atoms with E-state index in [1.54, 1.807) is 0 Å². The van der Waals surface area contributed by atoms with Gasteiger partial charge < -0.3 is 10.2 Å². The van der Waals surface area contributed by atoms with E-state index in [0.717, 1.165) is 12.1 Å². The van der Waals surface area contributed by atoms with Crippen molar-refractivity contribution in [1.29, 1.82) is 0 Å². The number of hydrogen-bond donors (Lipinski definition) is 1. The Morgan fingerprint density at radius 3 is 3.05 bits per heavy atom. The maximum absolute atomic E-state index is 3.87. The van der Waals surface area contributed by atoms with Crippen molar-refractivity contribution in [1.82, 2.24) is 10.2 Å². The van der Waals surface area contributed by atoms with E-state index in [1.165, 1.54) is 54.9 Å². The van der Waals surface area contributed by atoms with E-state index >= 15 is 0 Å². The van der Waals surface area contributed by atoms with Crippen molar-refractivity contribution in [3.05, 3.63) is 21.9 Å². The summed E-state index contributed by atoms with van der Waals surface area (Å²) in [5.74, 6) is 0. The van der Waals surface area contributed by atoms with Crippen LogP contribution >= 0.6 is 11.3 Å². The van der Waals surface area contributed by atoms with Crippen LogP contribution in [0.2, 0.25) is 0 Å². The lowest BCUT2D eigenvalue weighted by atomic mass is 9.96. The second kappa shape index (κ2) is 5.94. The highest BCUT2D eigenvalue weighted by Crippen LogP contribution is 2.27. The second-order valence-electron chi connectivity index (χ2n) is 6.34. The number of nitrogens with one attached hydrogen (secondary N) is 1. The van der Waals surface area contributed by atoms with E-state index < -0.39 is 0 Å². The maximum Gasteiger partial charge on any atom is 0.0111 e. The molecule has 1 aromatic heterocycles. The van der Waals surface area contributed by atoms with Gasteiger partial charge in [0.15, 0.2) is 0 Å². The Kier molecular flexibility index (Phi) is 4.25. The molecule has 0 aromatic carbocycles. The van der Waals surface area contributed by atoms with Crippen LogP contribution < -0.4 is 5.32 Å². The van der Waals surface area contributed by atoms with Crippen LogP contribution in [0.15, 0.2) is 12.1 Å². The zero-order valence-corrected chi connectivity index (χ0v) is 13.0. The molecule has 0 aliphatic carbocycles. The first-order valence-electron chi connectivity index (χ1n) is 7.76. The topological polar surface area (TPSA) is 15.3 Å². The Morgan fingerprint density at radius 1 is 1.37 bits per heavy atom. The molecule has 3 atom stereocenters. The van der Waals surface area contributed by atoms with E-state index in [-0.39, 0.29) is 0 Å². The first-order valence-corrected chi connectivity index (χ1v) is 8.58. The Labute approximate surface area is 121 Å². The molecule has 0 saturated carbocycles. The van der Waals surface area contributed by atoms with E-state index in [9.17, 15) is 0 Å². The minimum atomic E-state index is 0.607. The number of fused-ring (bicyclic) bond motifs is 1. The van der Waals surface area contributed by atoms with Gasteiger partial charge in [-0.25, -0.2) is 0 Å². The third-order valence-corrected chi connectivity index (χ3v) is 5.67. The van der Waals surface area contributed by atoms with Crippen LogP contribution in [0.5, 0.6) is 0 Å². The summed E-state index contributed by atoms with van der Waals surface area (Å²) in [6, 6.07) is 6.76. The first-order chi connectivity index (χ1) is 9.20. The van der Waals surface area contributed by atoms with Crippen molar-refractivity contribution < 1.29 is 0 Å². The third kappa shape index (κ3) is 3.39. The quantitative estimate of drug-likeness (QED) is 0.910. The highest BCUT2D eigenvalue weighted by atomic mass is 32.1. The van der Waals surface area contributed by atoms with Gasteiger partial charge in [0.2, 0.25) is 0 Å². The SMILES string of the molecule is Cc1ccc(CC(C)NC2CCN3CCCC3C2)s1. The van der Waals surface area contributed by atoms with E-state index in [2.05, 4.69) is 36.2 Å². The Morgan fingerprint density at radius 2 is 2.26 bits per heavy atom. The molecule has 1 aromatic rings. The van der Waals surface area contributed by atoms with Crippen molar-refractivity contribution in [2.24, 2.45) is 0 Å². The summed E-state index contributed by atoms with van der Waals surface area (Å²) < 4.78 is 0. The lowest BCUT2D eigenvalue weighted by Gasteiger charge is -2.36. The zero-order chi connectivity index (χ0) is 13.2. The summed E-state index contributed by atoms with van der Waals surface area (Å²) in [7, 11) is 0. The van der Waals surface area contributed by atoms with Gasteiger partial charge in [0.05, 0.1) is 0 Å². The summed E-state index contributed by atoms with van der Waals surface area (Å²) in [4.78, 5) is 5.66. The molecule has 3 heteroatoms. The molecule has 3 heterocycles. The number of piperidine rings is 1. The van der Waals surface area contributed by atoms with Crippen molar-refractivity contribution in [3.8, 4) is 0 Å². The van der Waals surface area contributed by atoms with E-state index in [4.69, 9.17) is 0 Å². The third-order valence-electron chi connectivity index (χ3n) is 4.64. The molecule has 2 fully saturated rings. The molecule has 2 saturated heterocycles. The number of nitrogens with zero attached hydrogens (tertiary/aromatic N) is 1. The Hall–Kier alpha value is -0.380. The fourth-order valence-corrected chi connectivity index (χ4v) is 4.75. The highest BCUT2D eigenvalue weighted by Gasteiger charge is 2.31. The summed E-state index contributed by atoms with van der Waals surface area (Å²) in [6.45, 7) is 7.20. The molecule has 0 radical (unpaired) electrons. The minimum absolute atomic E-state index is 0.607. The summed E-state index contributed by atoms with van der Waals surface area (Å²) in [5, 5.41) is 3.87. The van der Waals surface area contributed by atoms with Crippen LogP contribution in [0.25, 0.3) is 0 Å². The molecule has 2 aliphatic rings. The fraction of sp³-hybridized carbons (Fsp3) is 0.750. The average molecular weight is 278 g/mol. The van der Waals surface area contributed by atoms with Crippen LogP contribution in [0.4, 0.5) is 0 Å². The van der Waals surface area contributed by atoms with Gasteiger partial charge in [0.25, 0.3) is 0 Å². The van der Waals surface area contributed by atoms with Crippen molar-refractivity contribution >= 4 is 11.3 Å². The fourth-order valence-electron chi connectivity index (χ4n) is 3.73. The van der Waals surface area contributed by atoms with Gasteiger partial charge in [0.1, 0.15) is 0 Å². The average Bonchev–Trinajstić information content (AvgIpc) is 2.97. The first kappa shape index (κ1) is 13.6. The molecule has 0 bridgehead atoms. The Balaban J connectivity index is 1.48. The van der Waals surface area contributed by atoms with Crippen molar-refractivity contribution in [2.75, 3.05) is 13.1 Å². The molecule has 0 spiro atoms. The van der Waals surface area contributed by atoms with E-state index in [1.807, 2.05) is 11.3 Å². The molecule has 3 rings (SSSR count). The lowest BCUT2D eigenvalue weighted by molar-refractivity contribution is 0.162. The predicted octanol–water partition coefficient (Wildman–Crippen LogP) is 3.20. The molecule has 2 aliphatic heterocycles. The van der Waals surface area contributed by atoms with Crippen LogP contribution in [-0.2, 0) is 6.42 Å². The molecule has 2 nitrogen and oxygen atoms in total. The summed E-state index contributed by atoms with van der Waals surface area (Å²) >= 11 is 1.95. The second-order valence-corrected chi connectivity index (χ2v) is 7.71. The highest BCUT2D eigenvalue weighted by molar-refractivity contribution is 7.11. The smallest absolute Gasteiger partial charge is 0.0111 e. The number of hydrogen-bond acceptors (Lipinski definition) is 3. The van der Waals surface area contributed by atoms with Crippen LogP contribution in [0, 0.1) is 6.92 Å².